The van der Waals surface area contributed by atoms with Crippen LogP contribution >= 0.6 is 11.3 Å². The number of ether oxygens (including phenoxy) is 1. The van der Waals surface area contributed by atoms with Crippen molar-refractivity contribution in [3.05, 3.63) is 66.3 Å². The van der Waals surface area contributed by atoms with Crippen molar-refractivity contribution in [1.29, 1.82) is 0 Å². The van der Waals surface area contributed by atoms with Crippen LogP contribution < -0.4 is 10.1 Å². The van der Waals surface area contributed by atoms with Crippen LogP contribution in [0, 0.1) is 0 Å². The van der Waals surface area contributed by atoms with Gasteiger partial charge in [-0.2, -0.15) is 0 Å². The highest BCUT2D eigenvalue weighted by Gasteiger charge is 2.13. The molecule has 0 amide bonds. The van der Waals surface area contributed by atoms with Gasteiger partial charge in [-0.05, 0) is 36.2 Å². The molecule has 5 heteroatoms. The zero-order valence-corrected chi connectivity index (χ0v) is 17.4. The Morgan fingerprint density at radius 3 is 2.55 bits per heavy atom. The van der Waals surface area contributed by atoms with Crippen LogP contribution in [0.5, 0.6) is 5.75 Å². The van der Waals surface area contributed by atoms with E-state index in [0.29, 0.717) is 0 Å². The molecule has 0 atom stereocenters. The number of rotatable bonds is 9. The van der Waals surface area contributed by atoms with Crippen LogP contribution in [0.4, 0.5) is 11.5 Å². The molecular formula is C24H25N3OS. The molecule has 148 valence electrons. The van der Waals surface area contributed by atoms with Gasteiger partial charge in [0, 0.05) is 16.6 Å². The second-order valence-corrected chi connectivity index (χ2v) is 7.83. The molecule has 0 radical (unpaired) electrons. The first-order valence-corrected chi connectivity index (χ1v) is 11.0. The number of unbranched alkanes of at least 4 members (excludes halogenated alkanes) is 3. The van der Waals surface area contributed by atoms with Gasteiger partial charge in [-0.25, -0.2) is 9.97 Å². The maximum absolute atomic E-state index is 5.84. The minimum atomic E-state index is 0.772. The molecule has 0 aliphatic carbocycles. The number of fused-ring (bicyclic) bond motifs is 1. The summed E-state index contributed by atoms with van der Waals surface area (Å²) in [6.07, 6.45) is 6.46. The first-order valence-electron chi connectivity index (χ1n) is 10.1. The number of hydrogen-bond acceptors (Lipinski definition) is 5. The van der Waals surface area contributed by atoms with Gasteiger partial charge in [-0.3, -0.25) is 0 Å². The molecule has 0 fully saturated rings. The van der Waals surface area contributed by atoms with E-state index >= 15 is 0 Å². The first-order chi connectivity index (χ1) is 14.3. The first kappa shape index (κ1) is 19.4. The Morgan fingerprint density at radius 1 is 0.931 bits per heavy atom. The predicted octanol–water partition coefficient (Wildman–Crippen LogP) is 7.06. The van der Waals surface area contributed by atoms with Crippen molar-refractivity contribution in [2.45, 2.75) is 32.6 Å². The van der Waals surface area contributed by atoms with E-state index in [4.69, 9.17) is 4.74 Å². The summed E-state index contributed by atoms with van der Waals surface area (Å²) < 4.78 is 5.84. The van der Waals surface area contributed by atoms with E-state index in [1.165, 1.54) is 24.8 Å². The largest absolute Gasteiger partial charge is 0.494 e. The van der Waals surface area contributed by atoms with Gasteiger partial charge in [0.25, 0.3) is 0 Å². The van der Waals surface area contributed by atoms with Gasteiger partial charge < -0.3 is 10.1 Å². The van der Waals surface area contributed by atoms with Crippen molar-refractivity contribution in [2.75, 3.05) is 11.9 Å². The van der Waals surface area contributed by atoms with Gasteiger partial charge in [0.05, 0.1) is 12.0 Å². The van der Waals surface area contributed by atoms with Gasteiger partial charge in [0.2, 0.25) is 0 Å². The molecule has 4 rings (SSSR count). The van der Waals surface area contributed by atoms with Crippen LogP contribution in [0.25, 0.3) is 21.3 Å². The van der Waals surface area contributed by atoms with Crippen molar-refractivity contribution >= 4 is 33.1 Å². The van der Waals surface area contributed by atoms with Crippen molar-refractivity contribution in [3.8, 4) is 16.9 Å². The SMILES string of the molecule is CCCCCCOc1ccc(Nc2ncnc3scc(-c4ccccc4)c23)cc1. The van der Waals surface area contributed by atoms with Crippen molar-refractivity contribution in [3.63, 3.8) is 0 Å². The average Bonchev–Trinajstić information content (AvgIpc) is 3.21. The zero-order valence-electron chi connectivity index (χ0n) is 16.6. The van der Waals surface area contributed by atoms with Crippen molar-refractivity contribution in [2.24, 2.45) is 0 Å². The van der Waals surface area contributed by atoms with Crippen molar-refractivity contribution in [1.82, 2.24) is 9.97 Å². The Hall–Kier alpha value is -2.92. The van der Waals surface area contributed by atoms with Crippen LogP contribution in [0.2, 0.25) is 0 Å². The summed E-state index contributed by atoms with van der Waals surface area (Å²) >= 11 is 1.64. The number of thiophene rings is 1. The quantitative estimate of drug-likeness (QED) is 0.304. The predicted molar refractivity (Wildman–Crippen MR) is 122 cm³/mol. The fourth-order valence-corrected chi connectivity index (χ4v) is 4.21. The molecule has 4 nitrogen and oxygen atoms in total. The molecule has 0 aliphatic heterocycles. The molecule has 0 saturated heterocycles. The molecule has 29 heavy (non-hydrogen) atoms. The summed E-state index contributed by atoms with van der Waals surface area (Å²) in [4.78, 5) is 9.94. The second kappa shape index (κ2) is 9.52. The Labute approximate surface area is 175 Å². The number of anilines is 2. The lowest BCUT2D eigenvalue weighted by Gasteiger charge is -2.10. The van der Waals surface area contributed by atoms with Gasteiger partial charge >= 0.3 is 0 Å². The summed E-state index contributed by atoms with van der Waals surface area (Å²) in [5, 5.41) is 6.66. The van der Waals surface area contributed by atoms with Crippen molar-refractivity contribution < 1.29 is 4.74 Å². The fourth-order valence-electron chi connectivity index (χ4n) is 3.29. The molecule has 2 aromatic carbocycles. The Balaban J connectivity index is 1.50. The summed E-state index contributed by atoms with van der Waals surface area (Å²) in [6.45, 7) is 2.99. The van der Waals surface area contributed by atoms with Crippen LogP contribution in [-0.2, 0) is 0 Å². The smallest absolute Gasteiger partial charge is 0.143 e. The highest BCUT2D eigenvalue weighted by atomic mass is 32.1. The fraction of sp³-hybridized carbons (Fsp3) is 0.250. The third-order valence-electron chi connectivity index (χ3n) is 4.84. The standard InChI is InChI=1S/C24H25N3OS/c1-2-3-4-8-15-28-20-13-11-19(12-14-20)27-23-22-21(18-9-6-5-7-10-18)16-29-24(22)26-17-25-23/h5-7,9-14,16-17H,2-4,8,15H2,1H3,(H,25,26,27). The molecule has 0 bridgehead atoms. The monoisotopic (exact) mass is 403 g/mol. The van der Waals surface area contributed by atoms with Crippen LogP contribution in [0.15, 0.2) is 66.3 Å². The minimum Gasteiger partial charge on any atom is -0.494 e. The summed E-state index contributed by atoms with van der Waals surface area (Å²) in [7, 11) is 0. The molecule has 0 aliphatic rings. The summed E-state index contributed by atoms with van der Waals surface area (Å²) in [5.41, 5.74) is 3.30. The maximum Gasteiger partial charge on any atom is 0.143 e. The van der Waals surface area contributed by atoms with E-state index in [-0.39, 0.29) is 0 Å². The van der Waals surface area contributed by atoms with E-state index in [1.54, 1.807) is 17.7 Å². The summed E-state index contributed by atoms with van der Waals surface area (Å²) in [6, 6.07) is 18.4. The highest BCUT2D eigenvalue weighted by molar-refractivity contribution is 7.17. The third kappa shape index (κ3) is 4.74. The highest BCUT2D eigenvalue weighted by Crippen LogP contribution is 2.37. The molecule has 1 N–H and O–H groups in total. The molecule has 2 aromatic heterocycles. The lowest BCUT2D eigenvalue weighted by atomic mass is 10.1. The summed E-state index contributed by atoms with van der Waals surface area (Å²) in [5.74, 6) is 1.73. The van der Waals surface area contributed by atoms with Crippen LogP contribution in [-0.4, -0.2) is 16.6 Å². The number of nitrogens with one attached hydrogen (secondary N) is 1. The number of aromatic nitrogens is 2. The molecular weight excluding hydrogens is 378 g/mol. The van der Waals surface area contributed by atoms with E-state index in [9.17, 15) is 0 Å². The van der Waals surface area contributed by atoms with Gasteiger partial charge in [0.1, 0.15) is 22.7 Å². The Morgan fingerprint density at radius 2 is 1.76 bits per heavy atom. The maximum atomic E-state index is 5.84. The lowest BCUT2D eigenvalue weighted by molar-refractivity contribution is 0.305. The van der Waals surface area contributed by atoms with Gasteiger partial charge in [-0.1, -0.05) is 56.5 Å². The molecule has 4 aromatic rings. The minimum absolute atomic E-state index is 0.772. The van der Waals surface area contributed by atoms with E-state index in [0.717, 1.165) is 46.1 Å². The molecule has 0 spiro atoms. The Bertz CT molecular complexity index is 1040. The van der Waals surface area contributed by atoms with Crippen LogP contribution in [0.3, 0.4) is 0 Å². The average molecular weight is 404 g/mol. The van der Waals surface area contributed by atoms with Gasteiger partial charge in [0.15, 0.2) is 0 Å². The normalized spacial score (nSPS) is 10.9. The zero-order chi connectivity index (χ0) is 19.9. The molecule has 0 saturated carbocycles. The number of hydrogen-bond donors (Lipinski definition) is 1. The number of nitrogens with zero attached hydrogens (tertiary/aromatic N) is 2. The lowest BCUT2D eigenvalue weighted by Crippen LogP contribution is -1.98. The Kier molecular flexibility index (Phi) is 6.37. The van der Waals surface area contributed by atoms with E-state index in [2.05, 4.69) is 51.9 Å². The van der Waals surface area contributed by atoms with E-state index in [1.807, 2.05) is 30.3 Å². The molecule has 2 heterocycles. The van der Waals surface area contributed by atoms with Crippen LogP contribution in [0.1, 0.15) is 32.6 Å². The number of benzene rings is 2. The topological polar surface area (TPSA) is 47.0 Å². The second-order valence-electron chi connectivity index (χ2n) is 6.98. The van der Waals surface area contributed by atoms with Gasteiger partial charge in [-0.15, -0.1) is 11.3 Å². The third-order valence-corrected chi connectivity index (χ3v) is 5.73. The molecule has 0 unspecified atom stereocenters. The van der Waals surface area contributed by atoms with E-state index < -0.39 is 0 Å².